The number of para-hydroxylation sites is 1. The van der Waals surface area contributed by atoms with Crippen molar-refractivity contribution in [2.45, 2.75) is 19.3 Å². The highest BCUT2D eigenvalue weighted by Gasteiger charge is 1.96. The molecule has 2 nitrogen and oxygen atoms in total. The Labute approximate surface area is 161 Å². The zero-order valence-corrected chi connectivity index (χ0v) is 15.4. The van der Waals surface area contributed by atoms with Crippen molar-refractivity contribution in [1.82, 2.24) is 0 Å². The Bertz CT molecular complexity index is 844. The van der Waals surface area contributed by atoms with Crippen LogP contribution in [0.15, 0.2) is 84.9 Å². The first-order chi connectivity index (χ1) is 13.4. The van der Waals surface area contributed by atoms with Crippen LogP contribution in [-0.4, -0.2) is 13.2 Å². The Morgan fingerprint density at radius 1 is 0.593 bits per heavy atom. The molecule has 0 aromatic heterocycles. The normalized spacial score (nSPS) is 9.93. The lowest BCUT2D eigenvalue weighted by molar-refractivity contribution is 0.266. The van der Waals surface area contributed by atoms with Gasteiger partial charge < -0.3 is 9.47 Å². The minimum Gasteiger partial charge on any atom is -0.494 e. The molecule has 3 aromatic carbocycles. The third-order valence-corrected chi connectivity index (χ3v) is 4.04. The Hall–Kier alpha value is -3.18. The second kappa shape index (κ2) is 10.7. The van der Waals surface area contributed by atoms with E-state index in [1.165, 1.54) is 5.56 Å². The standard InChI is InChI=1S/C25H24O2/c1-3-10-22(11-4-1)12-9-13-23-16-18-25(19-17-23)27-21-8-7-20-26-24-14-5-2-6-15-24/h1-6,10-11,14-19H,7-8,13,20-21H2. The molecule has 136 valence electrons. The fourth-order valence-electron chi connectivity index (χ4n) is 2.57. The molecule has 0 aliphatic carbocycles. The monoisotopic (exact) mass is 356 g/mol. The van der Waals surface area contributed by atoms with E-state index in [4.69, 9.17) is 9.47 Å². The van der Waals surface area contributed by atoms with Crippen molar-refractivity contribution in [3.63, 3.8) is 0 Å². The maximum atomic E-state index is 5.80. The van der Waals surface area contributed by atoms with Crippen molar-refractivity contribution in [2.75, 3.05) is 13.2 Å². The van der Waals surface area contributed by atoms with E-state index in [9.17, 15) is 0 Å². The largest absolute Gasteiger partial charge is 0.494 e. The van der Waals surface area contributed by atoms with Gasteiger partial charge in [-0.1, -0.05) is 60.4 Å². The minimum absolute atomic E-state index is 0.700. The van der Waals surface area contributed by atoms with Gasteiger partial charge in [-0.05, 0) is 54.8 Å². The summed E-state index contributed by atoms with van der Waals surface area (Å²) in [7, 11) is 0. The summed E-state index contributed by atoms with van der Waals surface area (Å²) in [5, 5.41) is 0. The highest BCUT2D eigenvalue weighted by molar-refractivity contribution is 5.36. The van der Waals surface area contributed by atoms with Crippen LogP contribution in [0.25, 0.3) is 0 Å². The Kier molecular flexibility index (Phi) is 7.39. The number of hydrogen-bond acceptors (Lipinski definition) is 2. The maximum absolute atomic E-state index is 5.80. The lowest BCUT2D eigenvalue weighted by atomic mass is 10.1. The van der Waals surface area contributed by atoms with Crippen molar-refractivity contribution < 1.29 is 9.47 Å². The third kappa shape index (κ3) is 6.92. The van der Waals surface area contributed by atoms with Crippen molar-refractivity contribution in [2.24, 2.45) is 0 Å². The van der Waals surface area contributed by atoms with E-state index in [0.717, 1.165) is 36.3 Å². The molecule has 0 spiro atoms. The fraction of sp³-hybridized carbons (Fsp3) is 0.200. The van der Waals surface area contributed by atoms with Gasteiger partial charge in [-0.2, -0.15) is 0 Å². The molecule has 2 heteroatoms. The molecule has 0 saturated carbocycles. The van der Waals surface area contributed by atoms with Crippen molar-refractivity contribution in [3.8, 4) is 23.3 Å². The molecular formula is C25H24O2. The summed E-state index contributed by atoms with van der Waals surface area (Å²) in [5.74, 6) is 8.22. The van der Waals surface area contributed by atoms with Crippen LogP contribution in [0.1, 0.15) is 24.0 Å². The average Bonchev–Trinajstić information content (AvgIpc) is 2.73. The van der Waals surface area contributed by atoms with Crippen molar-refractivity contribution in [1.29, 1.82) is 0 Å². The van der Waals surface area contributed by atoms with Gasteiger partial charge in [0.05, 0.1) is 13.2 Å². The quantitative estimate of drug-likeness (QED) is 0.391. The first-order valence-electron chi connectivity index (χ1n) is 9.34. The molecule has 0 N–H and O–H groups in total. The summed E-state index contributed by atoms with van der Waals surface area (Å²) >= 11 is 0. The van der Waals surface area contributed by atoms with E-state index >= 15 is 0 Å². The number of unbranched alkanes of at least 4 members (excludes halogenated alkanes) is 1. The molecule has 0 saturated heterocycles. The summed E-state index contributed by atoms with van der Waals surface area (Å²) in [6, 6.07) is 28.1. The number of rotatable bonds is 8. The molecule has 0 unspecified atom stereocenters. The van der Waals surface area contributed by atoms with Gasteiger partial charge in [0.1, 0.15) is 11.5 Å². The fourth-order valence-corrected chi connectivity index (χ4v) is 2.57. The van der Waals surface area contributed by atoms with Crippen LogP contribution < -0.4 is 9.47 Å². The van der Waals surface area contributed by atoms with Crippen LogP contribution in [0.4, 0.5) is 0 Å². The molecule has 0 heterocycles. The summed E-state index contributed by atoms with van der Waals surface area (Å²) in [6.07, 6.45) is 2.69. The molecule has 0 amide bonds. The molecule has 0 atom stereocenters. The van der Waals surface area contributed by atoms with E-state index < -0.39 is 0 Å². The molecule has 3 rings (SSSR count). The molecule has 0 bridgehead atoms. The van der Waals surface area contributed by atoms with Crippen LogP contribution in [0.5, 0.6) is 11.5 Å². The number of benzene rings is 3. The van der Waals surface area contributed by atoms with Crippen LogP contribution in [-0.2, 0) is 6.42 Å². The SMILES string of the molecule is C(#Cc1ccccc1)Cc1ccc(OCCCCOc2ccccc2)cc1. The second-order valence-corrected chi connectivity index (χ2v) is 6.21. The molecule has 3 aromatic rings. The molecular weight excluding hydrogens is 332 g/mol. The zero-order chi connectivity index (χ0) is 18.6. The topological polar surface area (TPSA) is 18.5 Å². The number of hydrogen-bond donors (Lipinski definition) is 0. The van der Waals surface area contributed by atoms with Gasteiger partial charge in [-0.3, -0.25) is 0 Å². The van der Waals surface area contributed by atoms with Crippen molar-refractivity contribution in [3.05, 3.63) is 96.1 Å². The molecule has 0 fully saturated rings. The Morgan fingerprint density at radius 2 is 1.15 bits per heavy atom. The van der Waals surface area contributed by atoms with Gasteiger partial charge in [-0.15, -0.1) is 0 Å². The van der Waals surface area contributed by atoms with Crippen LogP contribution in [0.2, 0.25) is 0 Å². The lowest BCUT2D eigenvalue weighted by Crippen LogP contribution is -2.02. The van der Waals surface area contributed by atoms with Gasteiger partial charge in [0.15, 0.2) is 0 Å². The first kappa shape index (κ1) is 18.6. The molecule has 27 heavy (non-hydrogen) atoms. The Balaban J connectivity index is 1.33. The van der Waals surface area contributed by atoms with E-state index in [0.29, 0.717) is 13.2 Å². The smallest absolute Gasteiger partial charge is 0.119 e. The number of ether oxygens (including phenoxy) is 2. The van der Waals surface area contributed by atoms with E-state index in [2.05, 4.69) is 24.0 Å². The first-order valence-corrected chi connectivity index (χ1v) is 9.34. The Morgan fingerprint density at radius 3 is 1.78 bits per heavy atom. The highest BCUT2D eigenvalue weighted by atomic mass is 16.5. The molecule has 0 radical (unpaired) electrons. The van der Waals surface area contributed by atoms with Gasteiger partial charge in [0.2, 0.25) is 0 Å². The zero-order valence-electron chi connectivity index (χ0n) is 15.4. The van der Waals surface area contributed by atoms with Crippen molar-refractivity contribution >= 4 is 0 Å². The predicted octanol–water partition coefficient (Wildman–Crippen LogP) is 5.52. The van der Waals surface area contributed by atoms with Crippen LogP contribution in [0.3, 0.4) is 0 Å². The summed E-state index contributed by atoms with van der Waals surface area (Å²) < 4.78 is 11.5. The summed E-state index contributed by atoms with van der Waals surface area (Å²) in [4.78, 5) is 0. The minimum atomic E-state index is 0.700. The average molecular weight is 356 g/mol. The third-order valence-electron chi connectivity index (χ3n) is 4.04. The molecule has 0 aliphatic rings. The van der Waals surface area contributed by atoms with Gasteiger partial charge >= 0.3 is 0 Å². The summed E-state index contributed by atoms with van der Waals surface area (Å²) in [6.45, 7) is 1.41. The van der Waals surface area contributed by atoms with Gasteiger partial charge in [0.25, 0.3) is 0 Å². The van der Waals surface area contributed by atoms with Gasteiger partial charge in [0, 0.05) is 12.0 Å². The van der Waals surface area contributed by atoms with Crippen LogP contribution >= 0.6 is 0 Å². The van der Waals surface area contributed by atoms with E-state index in [1.54, 1.807) is 0 Å². The highest BCUT2D eigenvalue weighted by Crippen LogP contribution is 2.13. The predicted molar refractivity (Wildman–Crippen MR) is 110 cm³/mol. The second-order valence-electron chi connectivity index (χ2n) is 6.21. The molecule has 0 aliphatic heterocycles. The van der Waals surface area contributed by atoms with E-state index in [1.807, 2.05) is 72.8 Å². The maximum Gasteiger partial charge on any atom is 0.119 e. The van der Waals surface area contributed by atoms with Crippen LogP contribution in [0, 0.1) is 11.8 Å². The summed E-state index contributed by atoms with van der Waals surface area (Å²) in [5.41, 5.74) is 2.25. The lowest BCUT2D eigenvalue weighted by Gasteiger charge is -2.08. The van der Waals surface area contributed by atoms with E-state index in [-0.39, 0.29) is 0 Å². The van der Waals surface area contributed by atoms with Gasteiger partial charge in [-0.25, -0.2) is 0 Å².